The summed E-state index contributed by atoms with van der Waals surface area (Å²) in [7, 11) is 0. The minimum absolute atomic E-state index is 0.137. The van der Waals surface area contributed by atoms with Crippen LogP contribution in [-0.4, -0.2) is 18.5 Å². The molecule has 0 aliphatic carbocycles. The Morgan fingerprint density at radius 2 is 1.78 bits per heavy atom. The van der Waals surface area contributed by atoms with Gasteiger partial charge < -0.3 is 13.9 Å². The van der Waals surface area contributed by atoms with Crippen molar-refractivity contribution in [1.29, 1.82) is 0 Å². The second-order valence-electron chi connectivity index (χ2n) is 7.94. The molecule has 0 aliphatic heterocycles. The lowest BCUT2D eigenvalue weighted by atomic mass is 10.0. The van der Waals surface area contributed by atoms with Crippen LogP contribution >= 0.6 is 0 Å². The number of fused-ring (bicyclic) bond motifs is 1. The predicted molar refractivity (Wildman–Crippen MR) is 122 cm³/mol. The lowest BCUT2D eigenvalue weighted by molar-refractivity contribution is -0.147. The average molecular weight is 434 g/mol. The van der Waals surface area contributed by atoms with Gasteiger partial charge in [0.25, 0.3) is 0 Å². The molecule has 2 aromatic carbocycles. The van der Waals surface area contributed by atoms with Crippen molar-refractivity contribution < 1.29 is 23.5 Å². The van der Waals surface area contributed by atoms with Crippen LogP contribution in [0.5, 0.6) is 5.75 Å². The molecule has 0 amide bonds. The molecule has 0 bridgehead atoms. The second kappa shape index (κ2) is 10.1. The highest BCUT2D eigenvalue weighted by Crippen LogP contribution is 2.24. The summed E-state index contributed by atoms with van der Waals surface area (Å²) in [4.78, 5) is 35.7. The van der Waals surface area contributed by atoms with Crippen molar-refractivity contribution in [2.24, 2.45) is 5.92 Å². The summed E-state index contributed by atoms with van der Waals surface area (Å²) in [6.07, 6.45) is 1.39. The number of carbonyl (C=O) groups is 2. The van der Waals surface area contributed by atoms with E-state index in [1.165, 1.54) is 0 Å². The molecule has 6 nitrogen and oxygen atoms in total. The number of carbonyl (C=O) groups excluding carboxylic acids is 2. The van der Waals surface area contributed by atoms with Crippen LogP contribution in [0.4, 0.5) is 0 Å². The third-order valence-electron chi connectivity index (χ3n) is 4.85. The topological polar surface area (TPSA) is 82.8 Å². The fourth-order valence-corrected chi connectivity index (χ4v) is 3.02. The monoisotopic (exact) mass is 434 g/mol. The second-order valence-corrected chi connectivity index (χ2v) is 7.94. The van der Waals surface area contributed by atoms with E-state index < -0.39 is 11.6 Å². The van der Waals surface area contributed by atoms with Gasteiger partial charge >= 0.3 is 17.6 Å². The molecule has 0 unspecified atom stereocenters. The summed E-state index contributed by atoms with van der Waals surface area (Å²) in [5.74, 6) is -0.474. The number of esters is 2. The molecular formula is C26H26O6. The fraction of sp³-hybridized carbons (Fsp3) is 0.269. The lowest BCUT2D eigenvalue weighted by Crippen LogP contribution is -2.12. The van der Waals surface area contributed by atoms with Gasteiger partial charge in [-0.3, -0.25) is 4.79 Å². The number of aryl methyl sites for hydroxylation is 1. The quantitative estimate of drug-likeness (QED) is 0.162. The Morgan fingerprint density at radius 3 is 2.44 bits per heavy atom. The minimum Gasteiger partial charge on any atom is -0.465 e. The number of hydrogen-bond acceptors (Lipinski definition) is 6. The zero-order chi connectivity index (χ0) is 23.3. The smallest absolute Gasteiger partial charge is 0.344 e. The van der Waals surface area contributed by atoms with Crippen LogP contribution in [0, 0.1) is 5.92 Å². The maximum Gasteiger partial charge on any atom is 0.344 e. The summed E-state index contributed by atoms with van der Waals surface area (Å²) >= 11 is 0. The standard InChI is InChI=1S/C26H26O6/c1-16(2)24(27)30-13-5-6-18-7-8-20-15-22(26(29)32-23(20)14-18)19-9-11-21(12-10-19)31-25(28)17(3)4/h7-12,14-16H,3,5-6,13H2,1-2,4H3. The maximum absolute atomic E-state index is 12.6. The Labute approximate surface area is 186 Å². The van der Waals surface area contributed by atoms with Gasteiger partial charge in [0.15, 0.2) is 0 Å². The van der Waals surface area contributed by atoms with E-state index in [9.17, 15) is 14.4 Å². The van der Waals surface area contributed by atoms with Crippen LogP contribution in [0.25, 0.3) is 22.1 Å². The summed E-state index contributed by atoms with van der Waals surface area (Å²) in [6.45, 7) is 9.08. The molecule has 0 fully saturated rings. The molecular weight excluding hydrogens is 408 g/mol. The Kier molecular flexibility index (Phi) is 7.25. The van der Waals surface area contributed by atoms with Crippen LogP contribution in [0.3, 0.4) is 0 Å². The van der Waals surface area contributed by atoms with E-state index >= 15 is 0 Å². The molecule has 0 N–H and O–H groups in total. The minimum atomic E-state index is -0.503. The van der Waals surface area contributed by atoms with Crippen molar-refractivity contribution in [3.8, 4) is 16.9 Å². The summed E-state index contributed by atoms with van der Waals surface area (Å²) in [5, 5.41) is 0.798. The van der Waals surface area contributed by atoms with Gasteiger partial charge in [0.2, 0.25) is 0 Å². The summed E-state index contributed by atoms with van der Waals surface area (Å²) < 4.78 is 15.9. The molecule has 0 saturated carbocycles. The Balaban J connectivity index is 1.72. The third kappa shape index (κ3) is 5.72. The van der Waals surface area contributed by atoms with Gasteiger partial charge in [-0.25, -0.2) is 9.59 Å². The lowest BCUT2D eigenvalue weighted by Gasteiger charge is -2.08. The first-order valence-corrected chi connectivity index (χ1v) is 10.5. The first kappa shape index (κ1) is 23.0. The SMILES string of the molecule is C=C(C)C(=O)Oc1ccc(-c2cc3ccc(CCCOC(=O)C(C)C)cc3oc2=O)cc1. The van der Waals surface area contributed by atoms with Crippen LogP contribution in [0.15, 0.2) is 69.9 Å². The number of ether oxygens (including phenoxy) is 2. The first-order chi connectivity index (χ1) is 15.2. The molecule has 0 saturated heterocycles. The predicted octanol–water partition coefficient (Wildman–Crippen LogP) is 5.07. The van der Waals surface area contributed by atoms with Gasteiger partial charge in [0, 0.05) is 11.0 Å². The van der Waals surface area contributed by atoms with Crippen molar-refractivity contribution in [1.82, 2.24) is 0 Å². The Morgan fingerprint density at radius 1 is 1.06 bits per heavy atom. The van der Waals surface area contributed by atoms with Crippen LogP contribution in [-0.2, 0) is 20.7 Å². The van der Waals surface area contributed by atoms with Crippen molar-refractivity contribution in [3.63, 3.8) is 0 Å². The first-order valence-electron chi connectivity index (χ1n) is 10.5. The van der Waals surface area contributed by atoms with Gasteiger partial charge in [-0.2, -0.15) is 0 Å². The number of rotatable bonds is 8. The molecule has 0 radical (unpaired) electrons. The van der Waals surface area contributed by atoms with Crippen LogP contribution in [0.2, 0.25) is 0 Å². The van der Waals surface area contributed by atoms with E-state index in [1.807, 2.05) is 18.2 Å². The van der Waals surface area contributed by atoms with Gasteiger partial charge in [-0.05, 0) is 55.2 Å². The van der Waals surface area contributed by atoms with Gasteiger partial charge in [0.05, 0.1) is 18.1 Å². The highest BCUT2D eigenvalue weighted by atomic mass is 16.5. The van der Waals surface area contributed by atoms with Crippen molar-refractivity contribution in [2.75, 3.05) is 6.61 Å². The Bertz CT molecular complexity index is 1200. The van der Waals surface area contributed by atoms with E-state index in [-0.39, 0.29) is 11.9 Å². The molecule has 1 aromatic heterocycles. The Hall–Kier alpha value is -3.67. The molecule has 32 heavy (non-hydrogen) atoms. The highest BCUT2D eigenvalue weighted by Gasteiger charge is 2.11. The average Bonchev–Trinajstić information content (AvgIpc) is 2.76. The van der Waals surface area contributed by atoms with Gasteiger partial charge in [0.1, 0.15) is 11.3 Å². The van der Waals surface area contributed by atoms with Crippen LogP contribution in [0.1, 0.15) is 32.8 Å². The zero-order valence-electron chi connectivity index (χ0n) is 18.5. The van der Waals surface area contributed by atoms with Crippen molar-refractivity contribution in [2.45, 2.75) is 33.6 Å². The van der Waals surface area contributed by atoms with Gasteiger partial charge in [-0.15, -0.1) is 0 Å². The molecule has 3 rings (SSSR count). The van der Waals surface area contributed by atoms with E-state index in [1.54, 1.807) is 51.1 Å². The molecule has 0 spiro atoms. The zero-order valence-corrected chi connectivity index (χ0v) is 18.5. The summed E-state index contributed by atoms with van der Waals surface area (Å²) in [6, 6.07) is 14.1. The maximum atomic E-state index is 12.6. The van der Waals surface area contributed by atoms with Gasteiger partial charge in [-0.1, -0.05) is 44.7 Å². The molecule has 166 valence electrons. The van der Waals surface area contributed by atoms with E-state index in [0.717, 1.165) is 10.9 Å². The molecule has 1 heterocycles. The fourth-order valence-electron chi connectivity index (χ4n) is 3.02. The molecule has 0 aliphatic rings. The van der Waals surface area contributed by atoms with Crippen molar-refractivity contribution >= 4 is 22.9 Å². The number of hydrogen-bond donors (Lipinski definition) is 0. The normalized spacial score (nSPS) is 10.9. The molecule has 6 heteroatoms. The third-order valence-corrected chi connectivity index (χ3v) is 4.85. The van der Waals surface area contributed by atoms with E-state index in [0.29, 0.717) is 47.5 Å². The number of benzene rings is 2. The highest BCUT2D eigenvalue weighted by molar-refractivity contribution is 5.89. The van der Waals surface area contributed by atoms with E-state index in [2.05, 4.69) is 6.58 Å². The molecule has 3 aromatic rings. The molecule has 0 atom stereocenters. The largest absolute Gasteiger partial charge is 0.465 e. The van der Waals surface area contributed by atoms with E-state index in [4.69, 9.17) is 13.9 Å². The van der Waals surface area contributed by atoms with Crippen molar-refractivity contribution in [3.05, 3.63) is 76.7 Å². The summed E-state index contributed by atoms with van der Waals surface area (Å²) in [5.41, 5.74) is 2.43. The van der Waals surface area contributed by atoms with Crippen LogP contribution < -0.4 is 10.4 Å².